The maximum Gasteiger partial charge on any atom is 0.356 e. The van der Waals surface area contributed by atoms with Gasteiger partial charge in [-0.05, 0) is 44.9 Å². The number of carboxylic acids is 1. The van der Waals surface area contributed by atoms with Crippen LogP contribution in [0, 0.1) is 3.70 Å². The van der Waals surface area contributed by atoms with Crippen molar-refractivity contribution in [2.45, 2.75) is 19.9 Å². The van der Waals surface area contributed by atoms with Gasteiger partial charge in [0.1, 0.15) is 8.30 Å². The fourth-order valence-corrected chi connectivity index (χ4v) is 3.17. The van der Waals surface area contributed by atoms with E-state index in [0.717, 1.165) is 9.26 Å². The Hall–Kier alpha value is -0.900. The number of aromatic nitrogens is 4. The summed E-state index contributed by atoms with van der Waals surface area (Å²) < 4.78 is 4.99. The van der Waals surface area contributed by atoms with Gasteiger partial charge in [-0.15, -0.1) is 0 Å². The van der Waals surface area contributed by atoms with Crippen LogP contribution in [0.15, 0.2) is 10.8 Å². The number of halogens is 2. The van der Waals surface area contributed by atoms with Crippen LogP contribution in [-0.2, 0) is 20.0 Å². The first-order valence-electron chi connectivity index (χ1n) is 5.60. The van der Waals surface area contributed by atoms with Crippen molar-refractivity contribution >= 4 is 44.5 Å². The fourth-order valence-electron chi connectivity index (χ4n) is 1.85. The van der Waals surface area contributed by atoms with Crippen LogP contribution in [0.5, 0.6) is 0 Å². The second kappa shape index (κ2) is 5.61. The molecule has 6 nitrogen and oxygen atoms in total. The molecule has 0 bridgehead atoms. The van der Waals surface area contributed by atoms with Crippen molar-refractivity contribution in [3.8, 4) is 0 Å². The number of rotatable bonds is 4. The van der Waals surface area contributed by atoms with E-state index in [1.54, 1.807) is 9.36 Å². The van der Waals surface area contributed by atoms with E-state index in [-0.39, 0.29) is 5.69 Å². The van der Waals surface area contributed by atoms with Crippen LogP contribution in [0.1, 0.15) is 28.5 Å². The first-order valence-corrected chi connectivity index (χ1v) is 7.47. The van der Waals surface area contributed by atoms with Crippen molar-refractivity contribution in [3.63, 3.8) is 0 Å². The molecule has 2 heterocycles. The van der Waals surface area contributed by atoms with Crippen molar-refractivity contribution < 1.29 is 9.90 Å². The minimum atomic E-state index is -1.00. The summed E-state index contributed by atoms with van der Waals surface area (Å²) in [4.78, 5) is 11.2. The van der Waals surface area contributed by atoms with Gasteiger partial charge in [-0.3, -0.25) is 9.36 Å². The third kappa shape index (κ3) is 2.83. The molecule has 1 N–H and O–H groups in total. The SMILES string of the molecule is CCc1c(C(=O)O)nn(Cc2cn(C)nc2I)c1Br. The van der Waals surface area contributed by atoms with Crippen LogP contribution in [0.2, 0.25) is 0 Å². The minimum absolute atomic E-state index is 0.105. The molecule has 0 aromatic carbocycles. The molecule has 0 atom stereocenters. The van der Waals surface area contributed by atoms with Crippen molar-refractivity contribution in [2.75, 3.05) is 0 Å². The molecule has 0 aliphatic heterocycles. The molecule has 19 heavy (non-hydrogen) atoms. The Morgan fingerprint density at radius 1 is 1.53 bits per heavy atom. The first-order chi connectivity index (χ1) is 8.93. The number of nitrogens with zero attached hydrogens (tertiary/aromatic N) is 4. The lowest BCUT2D eigenvalue weighted by molar-refractivity contribution is 0.0688. The van der Waals surface area contributed by atoms with Crippen molar-refractivity contribution in [1.82, 2.24) is 19.6 Å². The summed E-state index contributed by atoms with van der Waals surface area (Å²) in [6.45, 7) is 2.40. The van der Waals surface area contributed by atoms with Crippen LogP contribution >= 0.6 is 38.5 Å². The summed E-state index contributed by atoms with van der Waals surface area (Å²) in [5.41, 5.74) is 1.82. The van der Waals surface area contributed by atoms with Crippen LogP contribution in [-0.4, -0.2) is 30.6 Å². The number of hydrogen-bond donors (Lipinski definition) is 1. The molecule has 8 heteroatoms. The molecule has 0 spiro atoms. The Kier molecular flexibility index (Phi) is 4.29. The maximum absolute atomic E-state index is 11.2. The standard InChI is InChI=1S/C11H12BrIN4O2/c1-3-7-8(11(18)19)14-17(9(7)12)5-6-4-16(2)15-10(6)13/h4H,3,5H2,1-2H3,(H,18,19). The number of aromatic carboxylic acids is 1. The molecule has 2 rings (SSSR count). The second-order valence-corrected chi connectivity index (χ2v) is 5.83. The lowest BCUT2D eigenvalue weighted by Gasteiger charge is -2.01. The molecule has 102 valence electrons. The summed E-state index contributed by atoms with van der Waals surface area (Å²) in [7, 11) is 1.85. The van der Waals surface area contributed by atoms with Gasteiger partial charge in [0.05, 0.1) is 6.54 Å². The molecule has 0 unspecified atom stereocenters. The Morgan fingerprint density at radius 3 is 2.63 bits per heavy atom. The third-order valence-corrected chi connectivity index (χ3v) is 4.51. The van der Waals surface area contributed by atoms with Crippen molar-refractivity contribution in [3.05, 3.63) is 31.3 Å². The van der Waals surface area contributed by atoms with Gasteiger partial charge < -0.3 is 5.11 Å². The highest BCUT2D eigenvalue weighted by Gasteiger charge is 2.20. The third-order valence-electron chi connectivity index (χ3n) is 2.71. The monoisotopic (exact) mass is 438 g/mol. The lowest BCUT2D eigenvalue weighted by atomic mass is 10.2. The lowest BCUT2D eigenvalue weighted by Crippen LogP contribution is -2.05. The molecule has 2 aromatic rings. The number of hydrogen-bond acceptors (Lipinski definition) is 3. The van der Waals surface area contributed by atoms with Crippen LogP contribution in [0.3, 0.4) is 0 Å². The zero-order valence-electron chi connectivity index (χ0n) is 10.4. The van der Waals surface area contributed by atoms with Gasteiger partial charge in [-0.2, -0.15) is 10.2 Å². The normalized spacial score (nSPS) is 10.9. The van der Waals surface area contributed by atoms with Gasteiger partial charge in [0.2, 0.25) is 0 Å². The van der Waals surface area contributed by atoms with Crippen LogP contribution < -0.4 is 0 Å². The van der Waals surface area contributed by atoms with Gasteiger partial charge in [-0.25, -0.2) is 4.79 Å². The Labute approximate surface area is 132 Å². The average Bonchev–Trinajstić information content (AvgIpc) is 2.81. The molecule has 0 saturated carbocycles. The first kappa shape index (κ1) is 14.5. The molecular formula is C11H12BrIN4O2. The maximum atomic E-state index is 11.2. The van der Waals surface area contributed by atoms with Gasteiger partial charge in [0, 0.05) is 24.4 Å². The highest BCUT2D eigenvalue weighted by Crippen LogP contribution is 2.23. The van der Waals surface area contributed by atoms with Crippen molar-refractivity contribution in [2.24, 2.45) is 7.05 Å². The topological polar surface area (TPSA) is 72.9 Å². The van der Waals surface area contributed by atoms with E-state index >= 15 is 0 Å². The Balaban J connectivity index is 2.41. The summed E-state index contributed by atoms with van der Waals surface area (Å²) >= 11 is 5.58. The van der Waals surface area contributed by atoms with E-state index in [1.165, 1.54) is 0 Å². The predicted molar refractivity (Wildman–Crippen MR) is 81.3 cm³/mol. The molecule has 0 fully saturated rings. The highest BCUT2D eigenvalue weighted by atomic mass is 127. The van der Waals surface area contributed by atoms with E-state index in [1.807, 2.05) is 20.2 Å². The van der Waals surface area contributed by atoms with E-state index < -0.39 is 5.97 Å². The highest BCUT2D eigenvalue weighted by molar-refractivity contribution is 14.1. The van der Waals surface area contributed by atoms with E-state index in [4.69, 9.17) is 5.11 Å². The molecule has 0 aliphatic rings. The molecule has 0 saturated heterocycles. The largest absolute Gasteiger partial charge is 0.476 e. The summed E-state index contributed by atoms with van der Waals surface area (Å²) in [6.07, 6.45) is 2.52. The quantitative estimate of drug-likeness (QED) is 0.743. The van der Waals surface area contributed by atoms with Crippen molar-refractivity contribution in [1.29, 1.82) is 0 Å². The van der Waals surface area contributed by atoms with Crippen LogP contribution in [0.4, 0.5) is 0 Å². The van der Waals surface area contributed by atoms with E-state index in [2.05, 4.69) is 48.7 Å². The summed E-state index contributed by atoms with van der Waals surface area (Å²) in [6, 6.07) is 0. The smallest absolute Gasteiger partial charge is 0.356 e. The van der Waals surface area contributed by atoms with E-state index in [9.17, 15) is 4.79 Å². The van der Waals surface area contributed by atoms with Gasteiger partial charge in [-0.1, -0.05) is 6.92 Å². The number of carbonyl (C=O) groups is 1. The second-order valence-electron chi connectivity index (χ2n) is 4.05. The Morgan fingerprint density at radius 2 is 2.21 bits per heavy atom. The molecule has 0 aliphatic carbocycles. The number of aryl methyl sites for hydroxylation is 1. The molecular weight excluding hydrogens is 427 g/mol. The number of carboxylic acid groups (broad SMARTS) is 1. The zero-order chi connectivity index (χ0) is 14.2. The molecule has 2 aromatic heterocycles. The van der Waals surface area contributed by atoms with Gasteiger partial charge in [0.15, 0.2) is 5.69 Å². The minimum Gasteiger partial charge on any atom is -0.476 e. The Bertz CT molecular complexity index is 635. The van der Waals surface area contributed by atoms with Gasteiger partial charge >= 0.3 is 5.97 Å². The van der Waals surface area contributed by atoms with Gasteiger partial charge in [0.25, 0.3) is 0 Å². The summed E-state index contributed by atoms with van der Waals surface area (Å²) in [5, 5.41) is 17.6. The molecule has 0 amide bonds. The fraction of sp³-hybridized carbons (Fsp3) is 0.364. The van der Waals surface area contributed by atoms with E-state index in [0.29, 0.717) is 23.1 Å². The predicted octanol–water partition coefficient (Wildman–Crippen LogP) is 2.29. The average molecular weight is 439 g/mol. The van der Waals surface area contributed by atoms with Crippen LogP contribution in [0.25, 0.3) is 0 Å². The zero-order valence-corrected chi connectivity index (χ0v) is 14.1. The molecule has 0 radical (unpaired) electrons. The summed E-state index contributed by atoms with van der Waals surface area (Å²) in [5.74, 6) is -1.00.